The molecule has 0 unspecified atom stereocenters. The lowest BCUT2D eigenvalue weighted by molar-refractivity contribution is -0.600. The SMILES string of the molecule is OC[C@@](F)(OC(F)(F)[C@](F)(OC(F)(F)[C@](F)(OC(F)(F)[C@](F)(OC(F)(F)[C@](F)(OC(F)(F)C(F)(F)C(F)(F)F)C(F)(F)F)C(F)(F)F)C(F)(F)F)C(F)(F)F)C(F)(F)F. The maximum absolute atomic E-state index is 14.6. The van der Waals surface area contributed by atoms with Gasteiger partial charge in [-0.3, -0.25) is 23.7 Å². The largest absolute Gasteiger partial charge is 0.462 e. The molecule has 356 valence electrons. The van der Waals surface area contributed by atoms with Gasteiger partial charge in [0.05, 0.1) is 0 Å². The van der Waals surface area contributed by atoms with Crippen molar-refractivity contribution in [3.05, 3.63) is 0 Å². The predicted molar refractivity (Wildman–Crippen MR) is 97.7 cm³/mol. The quantitative estimate of drug-likeness (QED) is 0.156. The van der Waals surface area contributed by atoms with Gasteiger partial charge in [-0.1, -0.05) is 0 Å². The molecule has 0 aliphatic heterocycles. The molecule has 6 nitrogen and oxygen atoms in total. The van der Waals surface area contributed by atoms with E-state index in [0.29, 0.717) is 9.47 Å². The van der Waals surface area contributed by atoms with Crippen LogP contribution in [0.5, 0.6) is 0 Å². The molecule has 0 aromatic carbocycles. The maximum Gasteiger partial charge on any atom is 0.462 e. The van der Waals surface area contributed by atoms with Crippen LogP contribution in [0.15, 0.2) is 0 Å². The van der Waals surface area contributed by atoms with Crippen LogP contribution >= 0.6 is 0 Å². The molecule has 0 saturated heterocycles. The maximum atomic E-state index is 14.6. The minimum atomic E-state index is -9.58. The third-order valence-electron chi connectivity index (χ3n) is 5.67. The Kier molecular flexibility index (Phi) is 14.0. The highest BCUT2D eigenvalue weighted by atomic mass is 19.5. The van der Waals surface area contributed by atoms with Crippen LogP contribution in [0.3, 0.4) is 0 Å². The highest BCUT2D eigenvalue weighted by Crippen LogP contribution is 2.62. The third kappa shape index (κ3) is 9.40. The van der Waals surface area contributed by atoms with Crippen molar-refractivity contribution in [1.82, 2.24) is 0 Å². The lowest BCUT2D eigenvalue weighted by atomic mass is 10.2. The molecule has 0 fully saturated rings. The summed E-state index contributed by atoms with van der Waals surface area (Å²) in [7, 11) is 0. The molecule has 41 heteroatoms. The number of hydrogen-bond donors (Lipinski definition) is 1. The number of aliphatic hydroxyl groups is 1. The van der Waals surface area contributed by atoms with Crippen molar-refractivity contribution in [3.63, 3.8) is 0 Å². The molecule has 1 N–H and O–H groups in total. The molecule has 0 rings (SSSR count). The average molecular weight is 980 g/mol. The first-order chi connectivity index (χ1) is 24.8. The zero-order valence-electron chi connectivity index (χ0n) is 24.9. The zero-order chi connectivity index (χ0) is 48.7. The van der Waals surface area contributed by atoms with E-state index in [1.165, 1.54) is 4.74 Å². The molecular formula is C18H3F35O6. The summed E-state index contributed by atoms with van der Waals surface area (Å²) >= 11 is 0. The fraction of sp³-hybridized carbons (Fsp3) is 1.00. The summed E-state index contributed by atoms with van der Waals surface area (Å²) in [6.07, 6.45) is -97.2. The molecule has 0 amide bonds. The first-order valence-corrected chi connectivity index (χ1v) is 12.1. The second-order valence-electron chi connectivity index (χ2n) is 9.92. The van der Waals surface area contributed by atoms with Crippen molar-refractivity contribution in [2.45, 2.75) is 103 Å². The average Bonchev–Trinajstić information content (AvgIpc) is 2.91. The number of hydrogen-bond acceptors (Lipinski definition) is 6. The number of halogens is 35. The van der Waals surface area contributed by atoms with E-state index in [1.807, 2.05) is 0 Å². The lowest BCUT2D eigenvalue weighted by Gasteiger charge is -2.44. The molecule has 0 bridgehead atoms. The molecule has 0 spiro atoms. The van der Waals surface area contributed by atoms with E-state index >= 15 is 0 Å². The van der Waals surface area contributed by atoms with E-state index in [0.717, 1.165) is 9.47 Å². The Balaban J connectivity index is 7.96. The lowest BCUT2D eigenvalue weighted by Crippen LogP contribution is -2.73. The summed E-state index contributed by atoms with van der Waals surface area (Å²) in [4.78, 5) is 0. The molecule has 0 aliphatic rings. The molecule has 0 aromatic heterocycles. The van der Waals surface area contributed by atoms with E-state index in [9.17, 15) is 154 Å². The van der Waals surface area contributed by atoms with Crippen molar-refractivity contribution in [1.29, 1.82) is 0 Å². The molecule has 0 aromatic rings. The molecular weight excluding hydrogens is 977 g/mol. The summed E-state index contributed by atoms with van der Waals surface area (Å²) in [5, 5.41) is 8.13. The number of rotatable bonds is 16. The first-order valence-electron chi connectivity index (χ1n) is 12.1. The standard InChI is InChI=1S/C18H3F35O6/c19-2(1-54,8(26,27)28)55-15(46,47)4(22,10(32,33)34)57-17(50,51)6(24,12(38,39)40)59-18(52,53)7(25,13(41,42)43)58-16(48,49)5(23,11(35,36)37)56-14(44,45)3(20,21)9(29,30)31/h54H,1H2/t2-,4-,5-,6-,7-/m1/s1. The fourth-order valence-electron chi connectivity index (χ4n) is 2.71. The second kappa shape index (κ2) is 14.7. The van der Waals surface area contributed by atoms with Gasteiger partial charge in [0, 0.05) is 0 Å². The molecule has 59 heavy (non-hydrogen) atoms. The van der Waals surface area contributed by atoms with Crippen LogP contribution in [0.1, 0.15) is 0 Å². The van der Waals surface area contributed by atoms with Crippen LogP contribution in [-0.4, -0.2) is 115 Å². The van der Waals surface area contributed by atoms with Gasteiger partial charge in [-0.2, -0.15) is 154 Å². The predicted octanol–water partition coefficient (Wildman–Crippen LogP) is 10.4. The molecule has 0 heterocycles. The van der Waals surface area contributed by atoms with Gasteiger partial charge >= 0.3 is 103 Å². The molecule has 5 atom stereocenters. The van der Waals surface area contributed by atoms with Gasteiger partial charge < -0.3 is 5.11 Å². The van der Waals surface area contributed by atoms with Crippen molar-refractivity contribution in [2.75, 3.05) is 6.61 Å². The van der Waals surface area contributed by atoms with Gasteiger partial charge in [0.15, 0.2) is 0 Å². The van der Waals surface area contributed by atoms with E-state index in [-0.39, 0.29) is 0 Å². The summed E-state index contributed by atoms with van der Waals surface area (Å²) in [5.41, 5.74) is 0. The summed E-state index contributed by atoms with van der Waals surface area (Å²) in [6, 6.07) is 0. The monoisotopic (exact) mass is 980 g/mol. The van der Waals surface area contributed by atoms with Gasteiger partial charge in [0.25, 0.3) is 0 Å². The highest BCUT2D eigenvalue weighted by Gasteiger charge is 2.91. The van der Waals surface area contributed by atoms with E-state index in [2.05, 4.69) is 0 Å². The summed E-state index contributed by atoms with van der Waals surface area (Å²) in [5.74, 6) is -52.8. The van der Waals surface area contributed by atoms with Crippen LogP contribution in [-0.2, 0) is 23.7 Å². The van der Waals surface area contributed by atoms with Crippen molar-refractivity contribution in [3.8, 4) is 0 Å². The van der Waals surface area contributed by atoms with Crippen molar-refractivity contribution < 1.29 is 182 Å². The smallest absolute Gasteiger partial charge is 0.390 e. The second-order valence-corrected chi connectivity index (χ2v) is 9.92. The molecule has 0 saturated carbocycles. The Labute approximate surface area is 293 Å². The van der Waals surface area contributed by atoms with E-state index < -0.39 is 109 Å². The van der Waals surface area contributed by atoms with Crippen molar-refractivity contribution in [2.24, 2.45) is 0 Å². The minimum absolute atomic E-state index is 0.705. The van der Waals surface area contributed by atoms with Gasteiger partial charge in [-0.15, -0.1) is 0 Å². The van der Waals surface area contributed by atoms with Crippen molar-refractivity contribution >= 4 is 0 Å². The van der Waals surface area contributed by atoms with Gasteiger partial charge in [-0.25, -0.2) is 0 Å². The summed E-state index contributed by atoms with van der Waals surface area (Å²) in [6.45, 7) is -3.90. The van der Waals surface area contributed by atoms with Crippen LogP contribution in [0, 0.1) is 0 Å². The topological polar surface area (TPSA) is 66.4 Å². The first kappa shape index (κ1) is 56.3. The fourth-order valence-corrected chi connectivity index (χ4v) is 2.71. The Morgan fingerprint density at radius 1 is 0.237 bits per heavy atom. The number of alkyl halides is 35. The molecule has 0 aliphatic carbocycles. The summed E-state index contributed by atoms with van der Waals surface area (Å²) < 4.78 is 472. The van der Waals surface area contributed by atoms with Crippen LogP contribution in [0.4, 0.5) is 154 Å². The Bertz CT molecular complexity index is 1450. The van der Waals surface area contributed by atoms with E-state index in [4.69, 9.17) is 5.11 Å². The Hall–Kier alpha value is -2.69. The normalized spacial score (nSPS) is 20.9. The molecule has 0 radical (unpaired) electrons. The van der Waals surface area contributed by atoms with Gasteiger partial charge in [-0.05, 0) is 0 Å². The number of ether oxygens (including phenoxy) is 5. The van der Waals surface area contributed by atoms with E-state index in [1.54, 1.807) is 0 Å². The zero-order valence-corrected chi connectivity index (χ0v) is 24.9. The number of aliphatic hydroxyl groups excluding tert-OH is 1. The minimum Gasteiger partial charge on any atom is -0.390 e. The Morgan fingerprint density at radius 2 is 0.424 bits per heavy atom. The van der Waals surface area contributed by atoms with Gasteiger partial charge in [0.2, 0.25) is 0 Å². The van der Waals surface area contributed by atoms with Crippen LogP contribution in [0.25, 0.3) is 0 Å². The third-order valence-corrected chi connectivity index (χ3v) is 5.67. The Morgan fingerprint density at radius 3 is 0.576 bits per heavy atom. The highest BCUT2D eigenvalue weighted by molar-refractivity contribution is 5.00. The van der Waals surface area contributed by atoms with Gasteiger partial charge in [0.1, 0.15) is 6.61 Å². The van der Waals surface area contributed by atoms with Crippen LogP contribution < -0.4 is 0 Å². The van der Waals surface area contributed by atoms with Crippen LogP contribution in [0.2, 0.25) is 0 Å².